The highest BCUT2D eigenvalue weighted by atomic mass is 16.3. The molecule has 1 fully saturated rings. The van der Waals surface area contributed by atoms with Crippen LogP contribution in [0, 0.1) is 0 Å². The number of hydrazine groups is 1. The Hall–Kier alpha value is -3.68. The van der Waals surface area contributed by atoms with Gasteiger partial charge in [0.15, 0.2) is 0 Å². The van der Waals surface area contributed by atoms with Crippen molar-refractivity contribution in [1.29, 1.82) is 0 Å². The molecule has 1 heterocycles. The van der Waals surface area contributed by atoms with Gasteiger partial charge in [0, 0.05) is 31.7 Å². The molecule has 1 amide bonds. The van der Waals surface area contributed by atoms with Crippen LogP contribution in [0.2, 0.25) is 0 Å². The Morgan fingerprint density at radius 3 is 2.56 bits per heavy atom. The molecule has 32 heavy (non-hydrogen) atoms. The average molecular weight is 431 g/mol. The molecule has 0 radical (unpaired) electrons. The van der Waals surface area contributed by atoms with E-state index in [1.54, 1.807) is 12.1 Å². The molecule has 3 aromatic rings. The Bertz CT molecular complexity index is 1150. The maximum atomic E-state index is 12.7. The van der Waals surface area contributed by atoms with Crippen molar-refractivity contribution < 1.29 is 14.7 Å². The molecule has 3 aromatic carbocycles. The first-order valence-electron chi connectivity index (χ1n) is 10.5. The third-order valence-corrected chi connectivity index (χ3v) is 5.85. The van der Waals surface area contributed by atoms with Gasteiger partial charge in [-0.05, 0) is 28.5 Å². The molecule has 4 N–H and O–H groups in total. The van der Waals surface area contributed by atoms with Gasteiger partial charge >= 0.3 is 0 Å². The molecule has 1 aliphatic heterocycles. The fourth-order valence-corrected chi connectivity index (χ4v) is 4.16. The zero-order valence-corrected chi connectivity index (χ0v) is 17.6. The second-order valence-electron chi connectivity index (χ2n) is 7.83. The molecule has 7 nitrogen and oxygen atoms in total. The number of rotatable bonds is 6. The number of aldehydes is 1. The van der Waals surface area contributed by atoms with Crippen LogP contribution >= 0.6 is 0 Å². The molecule has 0 bridgehead atoms. The topological polar surface area (TPSA) is 98.9 Å². The molecule has 0 aliphatic carbocycles. The first-order chi connectivity index (χ1) is 15.6. The normalized spacial score (nSPS) is 17.3. The van der Waals surface area contributed by atoms with Gasteiger partial charge in [-0.25, -0.2) is 5.84 Å². The third kappa shape index (κ3) is 4.49. The maximum Gasteiger partial charge on any atom is 0.281 e. The fourth-order valence-electron chi connectivity index (χ4n) is 4.16. The number of piperazine rings is 1. The number of aromatic hydroxyl groups is 1. The Morgan fingerprint density at radius 2 is 1.81 bits per heavy atom. The monoisotopic (exact) mass is 430 g/mol. The largest absolute Gasteiger partial charge is 0.507 e. The van der Waals surface area contributed by atoms with E-state index in [4.69, 9.17) is 5.84 Å². The summed E-state index contributed by atoms with van der Waals surface area (Å²) in [7, 11) is 0. The van der Waals surface area contributed by atoms with Gasteiger partial charge in [0.25, 0.3) is 5.91 Å². The van der Waals surface area contributed by atoms with E-state index >= 15 is 0 Å². The lowest BCUT2D eigenvalue weighted by Gasteiger charge is -2.40. The highest BCUT2D eigenvalue weighted by Gasteiger charge is 2.30. The smallest absolute Gasteiger partial charge is 0.281 e. The van der Waals surface area contributed by atoms with Gasteiger partial charge in [0.1, 0.15) is 17.7 Å². The van der Waals surface area contributed by atoms with Crippen LogP contribution < -0.4 is 11.3 Å². The van der Waals surface area contributed by atoms with Crippen LogP contribution in [0.1, 0.15) is 11.1 Å². The Kier molecular flexibility index (Phi) is 6.49. The summed E-state index contributed by atoms with van der Waals surface area (Å²) in [6.45, 7) is 2.16. The van der Waals surface area contributed by atoms with Gasteiger partial charge in [0.2, 0.25) is 0 Å². The quantitative estimate of drug-likeness (QED) is 0.182. The number of amides is 1. The molecule has 7 heteroatoms. The van der Waals surface area contributed by atoms with E-state index < -0.39 is 5.91 Å². The SMILES string of the molecule is NNC(=O)C(=Cc1c(O)ccc2ccccc12)N1CCN(Cc2ccccc2)C(C=O)C1. The van der Waals surface area contributed by atoms with Gasteiger partial charge in [-0.1, -0.05) is 60.7 Å². The number of hydrogen-bond acceptors (Lipinski definition) is 6. The molecular formula is C25H26N4O3. The first kappa shape index (κ1) is 21.5. The number of nitrogens with one attached hydrogen (secondary N) is 1. The van der Waals surface area contributed by atoms with Crippen LogP contribution in [-0.4, -0.2) is 52.8 Å². The van der Waals surface area contributed by atoms with E-state index in [1.807, 2.05) is 65.6 Å². The van der Waals surface area contributed by atoms with Gasteiger partial charge < -0.3 is 14.8 Å². The maximum absolute atomic E-state index is 12.7. The second-order valence-corrected chi connectivity index (χ2v) is 7.83. The van der Waals surface area contributed by atoms with E-state index in [-0.39, 0.29) is 11.8 Å². The van der Waals surface area contributed by atoms with Crippen molar-refractivity contribution in [1.82, 2.24) is 15.2 Å². The Morgan fingerprint density at radius 1 is 1.06 bits per heavy atom. The van der Waals surface area contributed by atoms with Crippen molar-refractivity contribution in [2.75, 3.05) is 19.6 Å². The number of fused-ring (bicyclic) bond motifs is 1. The molecule has 4 rings (SSSR count). The van der Waals surface area contributed by atoms with Crippen molar-refractivity contribution in [2.45, 2.75) is 12.6 Å². The van der Waals surface area contributed by atoms with Crippen LogP contribution in [0.4, 0.5) is 0 Å². The summed E-state index contributed by atoms with van der Waals surface area (Å²) in [5, 5.41) is 12.3. The number of nitrogens with zero attached hydrogens (tertiary/aromatic N) is 2. The van der Waals surface area contributed by atoms with Crippen LogP contribution in [0.3, 0.4) is 0 Å². The summed E-state index contributed by atoms with van der Waals surface area (Å²) in [4.78, 5) is 28.6. The van der Waals surface area contributed by atoms with E-state index in [0.29, 0.717) is 37.4 Å². The van der Waals surface area contributed by atoms with Crippen LogP contribution in [0.15, 0.2) is 72.4 Å². The predicted molar refractivity (Wildman–Crippen MR) is 124 cm³/mol. The number of carbonyl (C=O) groups excluding carboxylic acids is 2. The fraction of sp³-hybridized carbons (Fsp3) is 0.200. The lowest BCUT2D eigenvalue weighted by molar-refractivity contribution is -0.121. The van der Waals surface area contributed by atoms with Crippen molar-refractivity contribution in [3.63, 3.8) is 0 Å². The van der Waals surface area contributed by atoms with E-state index in [1.165, 1.54) is 0 Å². The van der Waals surface area contributed by atoms with Crippen LogP contribution in [-0.2, 0) is 16.1 Å². The van der Waals surface area contributed by atoms with Gasteiger partial charge in [0.05, 0.1) is 6.04 Å². The van der Waals surface area contributed by atoms with Crippen molar-refractivity contribution in [3.8, 4) is 5.75 Å². The third-order valence-electron chi connectivity index (χ3n) is 5.85. The molecule has 1 saturated heterocycles. The molecule has 164 valence electrons. The first-order valence-corrected chi connectivity index (χ1v) is 10.5. The number of phenolic OH excluding ortho intramolecular Hbond substituents is 1. The summed E-state index contributed by atoms with van der Waals surface area (Å²) in [5.41, 5.74) is 4.18. The highest BCUT2D eigenvalue weighted by molar-refractivity contribution is 6.01. The zero-order valence-electron chi connectivity index (χ0n) is 17.6. The van der Waals surface area contributed by atoms with Crippen molar-refractivity contribution >= 4 is 29.0 Å². The van der Waals surface area contributed by atoms with E-state index in [0.717, 1.165) is 22.6 Å². The molecule has 1 unspecified atom stereocenters. The lowest BCUT2D eigenvalue weighted by atomic mass is 10.0. The minimum absolute atomic E-state index is 0.0701. The highest BCUT2D eigenvalue weighted by Crippen LogP contribution is 2.30. The summed E-state index contributed by atoms with van der Waals surface area (Å²) in [5.74, 6) is 5.07. The number of benzene rings is 3. The Balaban J connectivity index is 1.65. The Labute approximate surface area is 186 Å². The predicted octanol–water partition coefficient (Wildman–Crippen LogP) is 2.26. The van der Waals surface area contributed by atoms with Gasteiger partial charge in [-0.2, -0.15) is 0 Å². The molecule has 1 atom stereocenters. The van der Waals surface area contributed by atoms with Crippen LogP contribution in [0.25, 0.3) is 16.8 Å². The summed E-state index contributed by atoms with van der Waals surface area (Å²) < 4.78 is 0. The number of hydrogen-bond donors (Lipinski definition) is 3. The summed E-state index contributed by atoms with van der Waals surface area (Å²) in [6.07, 6.45) is 2.57. The number of nitrogens with two attached hydrogens (primary N) is 1. The van der Waals surface area contributed by atoms with Crippen molar-refractivity contribution in [3.05, 3.63) is 83.6 Å². The zero-order chi connectivity index (χ0) is 22.5. The van der Waals surface area contributed by atoms with E-state index in [9.17, 15) is 14.7 Å². The lowest BCUT2D eigenvalue weighted by Crippen LogP contribution is -2.54. The minimum atomic E-state index is -0.474. The molecule has 0 saturated carbocycles. The second kappa shape index (κ2) is 9.64. The van der Waals surface area contributed by atoms with Gasteiger partial charge in [-0.3, -0.25) is 15.1 Å². The van der Waals surface area contributed by atoms with Crippen LogP contribution in [0.5, 0.6) is 5.75 Å². The van der Waals surface area contributed by atoms with Gasteiger partial charge in [-0.15, -0.1) is 0 Å². The van der Waals surface area contributed by atoms with Crippen molar-refractivity contribution in [2.24, 2.45) is 5.84 Å². The number of phenols is 1. The summed E-state index contributed by atoms with van der Waals surface area (Å²) in [6, 6.07) is 20.7. The standard InChI is InChI=1S/C25H26N4O3/c26-27-25(32)23(14-22-21-9-5-4-8-19(21)10-11-24(22)31)29-13-12-28(20(16-29)17-30)15-18-6-2-1-3-7-18/h1-11,14,17,20,31H,12-13,15-16,26H2,(H,27,32). The summed E-state index contributed by atoms with van der Waals surface area (Å²) >= 11 is 0. The average Bonchev–Trinajstić information content (AvgIpc) is 2.84. The van der Waals surface area contributed by atoms with E-state index in [2.05, 4.69) is 10.3 Å². The molecular weight excluding hydrogens is 404 g/mol. The molecule has 1 aliphatic rings. The minimum Gasteiger partial charge on any atom is -0.507 e. The molecule has 0 aromatic heterocycles. The number of carbonyl (C=O) groups is 2. The molecule has 0 spiro atoms.